The Hall–Kier alpha value is -3.61. The highest BCUT2D eigenvalue weighted by Crippen LogP contribution is 2.21. The Kier molecular flexibility index (Phi) is 4.12. The van der Waals surface area contributed by atoms with Crippen LogP contribution in [0.1, 0.15) is 26.3 Å². The Balaban J connectivity index is 1.45. The molecule has 0 aliphatic carbocycles. The molecule has 1 aliphatic heterocycles. The number of aromatic nitrogens is 1. The molecule has 0 unspecified atom stereocenters. The number of nitrogens with one attached hydrogen (secondary N) is 2. The van der Waals surface area contributed by atoms with Gasteiger partial charge in [-0.25, -0.2) is 4.79 Å². The van der Waals surface area contributed by atoms with E-state index in [-0.39, 0.29) is 6.42 Å². The fraction of sp³-hybridized carbons (Fsp3) is 0.150. The van der Waals surface area contributed by atoms with Crippen molar-refractivity contribution in [1.82, 2.24) is 15.4 Å². The van der Waals surface area contributed by atoms with E-state index in [1.807, 2.05) is 35.9 Å². The Labute approximate surface area is 154 Å². The van der Waals surface area contributed by atoms with Crippen LogP contribution in [0.25, 0.3) is 10.9 Å². The summed E-state index contributed by atoms with van der Waals surface area (Å²) in [6, 6.07) is 14.5. The fourth-order valence-electron chi connectivity index (χ4n) is 3.27. The Morgan fingerprint density at radius 3 is 2.67 bits per heavy atom. The Morgan fingerprint density at radius 2 is 1.81 bits per heavy atom. The molecule has 1 atom stereocenters. The molecule has 3 aromatic rings. The van der Waals surface area contributed by atoms with E-state index < -0.39 is 23.9 Å². The molecule has 1 aromatic heterocycles. The Morgan fingerprint density at radius 1 is 1.07 bits per heavy atom. The minimum absolute atomic E-state index is 0.262. The van der Waals surface area contributed by atoms with Crippen molar-refractivity contribution in [3.8, 4) is 0 Å². The van der Waals surface area contributed by atoms with Crippen LogP contribution in [-0.4, -0.2) is 28.5 Å². The van der Waals surface area contributed by atoms with Crippen LogP contribution >= 0.6 is 0 Å². The first-order valence-corrected chi connectivity index (χ1v) is 8.48. The average molecular weight is 363 g/mol. The largest absolute Gasteiger partial charge is 0.448 e. The van der Waals surface area contributed by atoms with Crippen molar-refractivity contribution in [2.75, 3.05) is 0 Å². The quantitative estimate of drug-likeness (QED) is 0.536. The zero-order chi connectivity index (χ0) is 19.0. The zero-order valence-corrected chi connectivity index (χ0v) is 14.6. The molecule has 0 radical (unpaired) electrons. The van der Waals surface area contributed by atoms with Crippen LogP contribution in [0.5, 0.6) is 0 Å². The number of aryl methyl sites for hydroxylation is 1. The molecule has 1 aliphatic rings. The molecule has 136 valence electrons. The van der Waals surface area contributed by atoms with Crippen LogP contribution in [0.3, 0.4) is 0 Å². The van der Waals surface area contributed by atoms with Gasteiger partial charge in [-0.05, 0) is 17.7 Å². The summed E-state index contributed by atoms with van der Waals surface area (Å²) in [4.78, 5) is 36.8. The molecule has 4 rings (SSSR count). The topological polar surface area (TPSA) is 89.4 Å². The van der Waals surface area contributed by atoms with Gasteiger partial charge in [0.15, 0.2) is 6.10 Å². The third kappa shape index (κ3) is 3.03. The van der Waals surface area contributed by atoms with E-state index in [0.29, 0.717) is 11.1 Å². The van der Waals surface area contributed by atoms with Gasteiger partial charge in [-0.15, -0.1) is 0 Å². The number of hydrogen-bond acceptors (Lipinski definition) is 4. The first-order valence-electron chi connectivity index (χ1n) is 8.48. The van der Waals surface area contributed by atoms with Crippen molar-refractivity contribution in [1.29, 1.82) is 0 Å². The number of cyclic esters (lactones) is 1. The summed E-state index contributed by atoms with van der Waals surface area (Å²) in [5.41, 5.74) is 7.31. The third-order valence-electron chi connectivity index (χ3n) is 4.63. The van der Waals surface area contributed by atoms with Gasteiger partial charge in [0, 0.05) is 30.6 Å². The summed E-state index contributed by atoms with van der Waals surface area (Å²) in [6.07, 6.45) is 0.973. The van der Waals surface area contributed by atoms with Gasteiger partial charge in [-0.2, -0.15) is 0 Å². The summed E-state index contributed by atoms with van der Waals surface area (Å²) in [5.74, 6) is -1.56. The SMILES string of the molecule is Cn1cc(C(=O)NNC(=O)[C@@H]2Cc3ccccc3C(=O)O2)c2ccccc21. The molecular formula is C20H17N3O4. The van der Waals surface area contributed by atoms with Gasteiger partial charge in [0.1, 0.15) is 0 Å². The maximum atomic E-state index is 12.5. The molecule has 2 aromatic carbocycles. The second-order valence-electron chi connectivity index (χ2n) is 6.37. The second kappa shape index (κ2) is 6.60. The number of esters is 1. The van der Waals surface area contributed by atoms with Crippen molar-refractivity contribution in [2.24, 2.45) is 7.05 Å². The normalized spacial score (nSPS) is 15.7. The molecule has 27 heavy (non-hydrogen) atoms. The van der Waals surface area contributed by atoms with Gasteiger partial charge in [0.25, 0.3) is 11.8 Å². The molecular weight excluding hydrogens is 346 g/mol. The number of benzene rings is 2. The highest BCUT2D eigenvalue weighted by atomic mass is 16.5. The van der Waals surface area contributed by atoms with Crippen LogP contribution < -0.4 is 10.9 Å². The van der Waals surface area contributed by atoms with E-state index >= 15 is 0 Å². The van der Waals surface area contributed by atoms with Gasteiger partial charge >= 0.3 is 5.97 Å². The number of carbonyl (C=O) groups excluding carboxylic acids is 3. The lowest BCUT2D eigenvalue weighted by Gasteiger charge is -2.23. The standard InChI is InChI=1S/C20H17N3O4/c1-23-11-15(14-8-4-5-9-16(14)23)18(24)21-22-19(25)17-10-12-6-2-3-7-13(12)20(26)27-17/h2-9,11,17H,10H2,1H3,(H,21,24)(H,22,25)/t17-/m0/s1. The lowest BCUT2D eigenvalue weighted by atomic mass is 9.98. The van der Waals surface area contributed by atoms with Crippen LogP contribution in [0, 0.1) is 0 Å². The van der Waals surface area contributed by atoms with Crippen molar-refractivity contribution in [3.05, 3.63) is 71.4 Å². The number of hydrogen-bond donors (Lipinski definition) is 2. The minimum Gasteiger partial charge on any atom is -0.448 e. The van der Waals surface area contributed by atoms with Crippen LogP contribution in [0.15, 0.2) is 54.7 Å². The monoisotopic (exact) mass is 363 g/mol. The molecule has 0 saturated heterocycles. The lowest BCUT2D eigenvalue weighted by molar-refractivity contribution is -0.131. The van der Waals surface area contributed by atoms with E-state index in [2.05, 4.69) is 10.9 Å². The predicted molar refractivity (Wildman–Crippen MR) is 97.9 cm³/mol. The maximum absolute atomic E-state index is 12.5. The van der Waals surface area contributed by atoms with Gasteiger partial charge in [0.2, 0.25) is 0 Å². The van der Waals surface area contributed by atoms with E-state index in [4.69, 9.17) is 4.74 Å². The third-order valence-corrected chi connectivity index (χ3v) is 4.63. The van der Waals surface area contributed by atoms with Gasteiger partial charge in [0.05, 0.1) is 11.1 Å². The smallest absolute Gasteiger partial charge is 0.339 e. The number of rotatable bonds is 2. The van der Waals surface area contributed by atoms with Crippen molar-refractivity contribution < 1.29 is 19.1 Å². The molecule has 2 N–H and O–H groups in total. The average Bonchev–Trinajstić information content (AvgIpc) is 3.03. The van der Waals surface area contributed by atoms with E-state index in [1.165, 1.54) is 0 Å². The number of carbonyl (C=O) groups is 3. The highest BCUT2D eigenvalue weighted by Gasteiger charge is 2.31. The van der Waals surface area contributed by atoms with Crippen molar-refractivity contribution in [3.63, 3.8) is 0 Å². The van der Waals surface area contributed by atoms with Gasteiger partial charge < -0.3 is 9.30 Å². The summed E-state index contributed by atoms with van der Waals surface area (Å²) in [5, 5.41) is 0.782. The van der Waals surface area contributed by atoms with Crippen molar-refractivity contribution in [2.45, 2.75) is 12.5 Å². The van der Waals surface area contributed by atoms with E-state index in [1.54, 1.807) is 30.5 Å². The maximum Gasteiger partial charge on any atom is 0.339 e. The van der Waals surface area contributed by atoms with Gasteiger partial charge in [-0.1, -0.05) is 36.4 Å². The zero-order valence-electron chi connectivity index (χ0n) is 14.6. The number of hydrazine groups is 1. The Bertz CT molecular complexity index is 1070. The van der Waals surface area contributed by atoms with Crippen LogP contribution in [0.2, 0.25) is 0 Å². The van der Waals surface area contributed by atoms with E-state index in [9.17, 15) is 14.4 Å². The number of para-hydroxylation sites is 1. The summed E-state index contributed by atoms with van der Waals surface area (Å²) in [7, 11) is 1.84. The summed E-state index contributed by atoms with van der Waals surface area (Å²) >= 11 is 0. The molecule has 7 heteroatoms. The number of amides is 2. The predicted octanol–water partition coefficient (Wildman–Crippen LogP) is 1.72. The molecule has 0 spiro atoms. The molecule has 2 amide bonds. The first-order chi connectivity index (χ1) is 13.0. The van der Waals surface area contributed by atoms with Crippen LogP contribution in [-0.2, 0) is 23.0 Å². The fourth-order valence-corrected chi connectivity index (χ4v) is 3.27. The summed E-state index contributed by atoms with van der Waals surface area (Å²) < 4.78 is 7.02. The second-order valence-corrected chi connectivity index (χ2v) is 6.37. The van der Waals surface area contributed by atoms with Gasteiger partial charge in [-0.3, -0.25) is 20.4 Å². The van der Waals surface area contributed by atoms with E-state index in [0.717, 1.165) is 16.5 Å². The van der Waals surface area contributed by atoms with Crippen molar-refractivity contribution >= 4 is 28.7 Å². The molecule has 0 saturated carbocycles. The number of fused-ring (bicyclic) bond motifs is 2. The molecule has 0 bridgehead atoms. The molecule has 7 nitrogen and oxygen atoms in total. The minimum atomic E-state index is -0.986. The first kappa shape index (κ1) is 16.8. The molecule has 2 heterocycles. The number of nitrogens with zero attached hydrogens (tertiary/aromatic N) is 1. The lowest BCUT2D eigenvalue weighted by Crippen LogP contribution is -2.49. The summed E-state index contributed by atoms with van der Waals surface area (Å²) in [6.45, 7) is 0. The van der Waals surface area contributed by atoms with Crippen LogP contribution in [0.4, 0.5) is 0 Å². The highest BCUT2D eigenvalue weighted by molar-refractivity contribution is 6.07. The molecule has 0 fully saturated rings. The number of ether oxygens (including phenoxy) is 1.